The van der Waals surface area contributed by atoms with E-state index in [0.29, 0.717) is 6.42 Å². The van der Waals surface area contributed by atoms with E-state index in [4.69, 9.17) is 4.74 Å². The van der Waals surface area contributed by atoms with Crippen LogP contribution in [0.3, 0.4) is 0 Å². The molecule has 1 unspecified atom stereocenters. The van der Waals surface area contributed by atoms with Crippen molar-refractivity contribution in [3.05, 3.63) is 0 Å². The van der Waals surface area contributed by atoms with Gasteiger partial charge in [-0.2, -0.15) is 0 Å². The van der Waals surface area contributed by atoms with Gasteiger partial charge in [-0.3, -0.25) is 4.79 Å². The molecule has 1 atom stereocenters. The van der Waals surface area contributed by atoms with Gasteiger partial charge in [-0.25, -0.2) is 0 Å². The molecule has 0 aromatic rings. The highest BCUT2D eigenvalue weighted by molar-refractivity contribution is 5.76. The van der Waals surface area contributed by atoms with E-state index in [0.717, 1.165) is 12.8 Å². The zero-order valence-corrected chi connectivity index (χ0v) is 13.9. The minimum absolute atomic E-state index is 0.332. The summed E-state index contributed by atoms with van der Waals surface area (Å²) in [6.07, 6.45) is 11.4. The van der Waals surface area contributed by atoms with Crippen molar-refractivity contribution in [3.8, 4) is 0 Å². The first kappa shape index (κ1) is 19.4. The van der Waals surface area contributed by atoms with Crippen molar-refractivity contribution < 1.29 is 14.6 Å². The second kappa shape index (κ2) is 11.1. The summed E-state index contributed by atoms with van der Waals surface area (Å²) in [5.74, 6) is -0.332. The topological polar surface area (TPSA) is 46.5 Å². The van der Waals surface area contributed by atoms with Crippen LogP contribution < -0.4 is 0 Å². The molecule has 0 rings (SSSR count). The van der Waals surface area contributed by atoms with Crippen LogP contribution in [-0.4, -0.2) is 24.3 Å². The van der Waals surface area contributed by atoms with Crippen LogP contribution in [0.25, 0.3) is 0 Å². The van der Waals surface area contributed by atoms with Crippen molar-refractivity contribution in [3.63, 3.8) is 0 Å². The fraction of sp³-hybridized carbons (Fsp3) is 0.941. The highest BCUT2D eigenvalue weighted by Gasteiger charge is 2.36. The standard InChI is InChI=1S/C17H34O3/c1-5-6-7-8-9-10-11-12-13-14-15(18)17(2,3)16(19)20-4/h15,18H,5-14H2,1-4H3. The summed E-state index contributed by atoms with van der Waals surface area (Å²) in [7, 11) is 1.37. The molecule has 0 aliphatic rings. The average molecular weight is 286 g/mol. The Kier molecular flexibility index (Phi) is 10.8. The molecule has 0 radical (unpaired) electrons. The molecule has 3 nitrogen and oxygen atoms in total. The first-order valence-corrected chi connectivity index (χ1v) is 8.23. The molecule has 20 heavy (non-hydrogen) atoms. The SMILES string of the molecule is CCCCCCCCCCCC(O)C(C)(C)C(=O)OC. The molecule has 0 spiro atoms. The first-order valence-electron chi connectivity index (χ1n) is 8.23. The van der Waals surface area contributed by atoms with Crippen LogP contribution in [0.4, 0.5) is 0 Å². The fourth-order valence-electron chi connectivity index (χ4n) is 2.41. The highest BCUT2D eigenvalue weighted by atomic mass is 16.5. The zero-order valence-electron chi connectivity index (χ0n) is 13.9. The summed E-state index contributed by atoms with van der Waals surface area (Å²) in [6.45, 7) is 5.73. The lowest BCUT2D eigenvalue weighted by Gasteiger charge is -2.27. The van der Waals surface area contributed by atoms with Gasteiger partial charge < -0.3 is 9.84 Å². The van der Waals surface area contributed by atoms with Crippen LogP contribution in [0.2, 0.25) is 0 Å². The molecule has 1 N–H and O–H groups in total. The van der Waals surface area contributed by atoms with Crippen LogP contribution in [0.15, 0.2) is 0 Å². The Morgan fingerprint density at radius 1 is 1.00 bits per heavy atom. The molecular weight excluding hydrogens is 252 g/mol. The number of esters is 1. The van der Waals surface area contributed by atoms with Gasteiger partial charge in [-0.1, -0.05) is 64.7 Å². The number of ether oxygens (including phenoxy) is 1. The minimum Gasteiger partial charge on any atom is -0.469 e. The monoisotopic (exact) mass is 286 g/mol. The number of unbranched alkanes of at least 4 members (excludes halogenated alkanes) is 8. The predicted octanol–water partition coefficient (Wildman–Crippen LogP) is 4.47. The molecule has 0 heterocycles. The number of aliphatic hydroxyl groups is 1. The summed E-state index contributed by atoms with van der Waals surface area (Å²) >= 11 is 0. The average Bonchev–Trinajstić information content (AvgIpc) is 2.44. The van der Waals surface area contributed by atoms with Crippen molar-refractivity contribution in [1.29, 1.82) is 0 Å². The lowest BCUT2D eigenvalue weighted by atomic mass is 9.84. The van der Waals surface area contributed by atoms with Crippen molar-refractivity contribution in [2.75, 3.05) is 7.11 Å². The Labute approximate surface area is 125 Å². The van der Waals surface area contributed by atoms with Crippen LogP contribution in [0.1, 0.15) is 85.0 Å². The van der Waals surface area contributed by atoms with E-state index in [-0.39, 0.29) is 5.97 Å². The van der Waals surface area contributed by atoms with E-state index in [9.17, 15) is 9.90 Å². The maximum absolute atomic E-state index is 11.6. The smallest absolute Gasteiger partial charge is 0.313 e. The number of carbonyl (C=O) groups is 1. The fourth-order valence-corrected chi connectivity index (χ4v) is 2.41. The summed E-state index contributed by atoms with van der Waals surface area (Å²) in [5.41, 5.74) is -0.797. The van der Waals surface area contributed by atoms with Gasteiger partial charge in [0.25, 0.3) is 0 Å². The van der Waals surface area contributed by atoms with Crippen LogP contribution in [0, 0.1) is 5.41 Å². The Morgan fingerprint density at radius 2 is 1.45 bits per heavy atom. The van der Waals surface area contributed by atoms with E-state index in [2.05, 4.69) is 6.92 Å². The van der Waals surface area contributed by atoms with Gasteiger partial charge in [-0.15, -0.1) is 0 Å². The van der Waals surface area contributed by atoms with Gasteiger partial charge in [-0.05, 0) is 20.3 Å². The molecule has 0 aliphatic heterocycles. The van der Waals surface area contributed by atoms with Gasteiger partial charge in [0.1, 0.15) is 0 Å². The summed E-state index contributed by atoms with van der Waals surface area (Å²) in [4.78, 5) is 11.6. The molecule has 120 valence electrons. The first-order chi connectivity index (χ1) is 9.46. The lowest BCUT2D eigenvalue weighted by molar-refractivity contribution is -0.157. The summed E-state index contributed by atoms with van der Waals surface area (Å²) in [6, 6.07) is 0. The van der Waals surface area contributed by atoms with Crippen LogP contribution >= 0.6 is 0 Å². The van der Waals surface area contributed by atoms with E-state index in [1.807, 2.05) is 0 Å². The van der Waals surface area contributed by atoms with Gasteiger partial charge >= 0.3 is 5.97 Å². The highest BCUT2D eigenvalue weighted by Crippen LogP contribution is 2.26. The molecule has 0 aliphatic carbocycles. The lowest BCUT2D eigenvalue weighted by Crippen LogP contribution is -2.38. The van der Waals surface area contributed by atoms with Crippen molar-refractivity contribution in [2.45, 2.75) is 91.1 Å². The normalized spacial score (nSPS) is 13.2. The van der Waals surface area contributed by atoms with Crippen LogP contribution in [0.5, 0.6) is 0 Å². The molecular formula is C17H34O3. The van der Waals surface area contributed by atoms with E-state index in [1.165, 1.54) is 52.1 Å². The third kappa shape index (κ3) is 7.88. The summed E-state index contributed by atoms with van der Waals surface area (Å²) in [5, 5.41) is 10.1. The third-order valence-corrected chi connectivity index (χ3v) is 4.13. The number of carbonyl (C=O) groups excluding carboxylic acids is 1. The minimum atomic E-state index is -0.797. The Bertz CT molecular complexity index is 249. The maximum Gasteiger partial charge on any atom is 0.313 e. The van der Waals surface area contributed by atoms with Gasteiger partial charge in [0.05, 0.1) is 18.6 Å². The second-order valence-corrected chi connectivity index (χ2v) is 6.35. The molecule has 0 saturated carbocycles. The Morgan fingerprint density at radius 3 is 1.90 bits per heavy atom. The van der Waals surface area contributed by atoms with E-state index in [1.54, 1.807) is 13.8 Å². The van der Waals surface area contributed by atoms with E-state index >= 15 is 0 Å². The molecule has 0 bridgehead atoms. The van der Waals surface area contributed by atoms with Gasteiger partial charge in [0, 0.05) is 0 Å². The third-order valence-electron chi connectivity index (χ3n) is 4.13. The largest absolute Gasteiger partial charge is 0.469 e. The van der Waals surface area contributed by atoms with E-state index < -0.39 is 11.5 Å². The van der Waals surface area contributed by atoms with Crippen molar-refractivity contribution in [2.24, 2.45) is 5.41 Å². The number of rotatable bonds is 12. The number of aliphatic hydroxyl groups excluding tert-OH is 1. The molecule has 0 saturated heterocycles. The summed E-state index contributed by atoms with van der Waals surface area (Å²) < 4.78 is 4.73. The van der Waals surface area contributed by atoms with Crippen LogP contribution in [-0.2, 0) is 9.53 Å². The van der Waals surface area contributed by atoms with Gasteiger partial charge in [0.2, 0.25) is 0 Å². The molecule has 0 aromatic carbocycles. The van der Waals surface area contributed by atoms with Crippen molar-refractivity contribution >= 4 is 5.97 Å². The number of methoxy groups -OCH3 is 1. The molecule has 0 fully saturated rings. The molecule has 3 heteroatoms. The van der Waals surface area contributed by atoms with Gasteiger partial charge in [0.15, 0.2) is 0 Å². The molecule has 0 amide bonds. The predicted molar refractivity (Wildman–Crippen MR) is 83.6 cm³/mol. The quantitative estimate of drug-likeness (QED) is 0.425. The number of hydrogen-bond acceptors (Lipinski definition) is 3. The Hall–Kier alpha value is -0.570. The number of hydrogen-bond donors (Lipinski definition) is 1. The zero-order chi connectivity index (χ0) is 15.4. The maximum atomic E-state index is 11.6. The Balaban J connectivity index is 3.57. The second-order valence-electron chi connectivity index (χ2n) is 6.35. The molecule has 0 aromatic heterocycles. The van der Waals surface area contributed by atoms with Crippen molar-refractivity contribution in [1.82, 2.24) is 0 Å².